The Kier molecular flexibility index (Phi) is 3.01. The van der Waals surface area contributed by atoms with Gasteiger partial charge in [0, 0.05) is 17.8 Å². The van der Waals surface area contributed by atoms with Gasteiger partial charge in [-0.3, -0.25) is 4.57 Å². The first kappa shape index (κ1) is 14.0. The second kappa shape index (κ2) is 4.52. The number of allylic oxidation sites excluding steroid dienone is 1. The summed E-state index contributed by atoms with van der Waals surface area (Å²) in [6.45, 7) is 0.454. The molecule has 1 fully saturated rings. The first-order chi connectivity index (χ1) is 9.78. The van der Waals surface area contributed by atoms with Crippen molar-refractivity contribution in [1.29, 1.82) is 0 Å². The number of imidazole rings is 1. The number of rotatable bonds is 4. The van der Waals surface area contributed by atoms with E-state index >= 15 is 0 Å². The van der Waals surface area contributed by atoms with Gasteiger partial charge in [0.2, 0.25) is 11.8 Å². The van der Waals surface area contributed by atoms with Crippen molar-refractivity contribution in [3.63, 3.8) is 0 Å². The molecule has 2 aromatic heterocycles. The molecule has 0 aliphatic heterocycles. The molecule has 5 N–H and O–H groups in total. The van der Waals surface area contributed by atoms with Crippen molar-refractivity contribution in [2.45, 2.75) is 19.4 Å². The highest BCUT2D eigenvalue weighted by atomic mass is 31.2. The third-order valence-electron chi connectivity index (χ3n) is 3.46. The summed E-state index contributed by atoms with van der Waals surface area (Å²) in [6, 6.07) is 0. The van der Waals surface area contributed by atoms with E-state index in [1.807, 2.05) is 0 Å². The van der Waals surface area contributed by atoms with Crippen molar-refractivity contribution < 1.29 is 19.5 Å². The minimum absolute atomic E-state index is 0.0580. The zero-order valence-electron chi connectivity index (χ0n) is 10.9. The molecule has 0 radical (unpaired) electrons. The molecule has 1 aliphatic carbocycles. The topological polar surface area (TPSA) is 147 Å². The van der Waals surface area contributed by atoms with Crippen LogP contribution in [0.25, 0.3) is 11.2 Å². The van der Waals surface area contributed by atoms with Gasteiger partial charge in [-0.1, -0.05) is 6.08 Å². The highest BCUT2D eigenvalue weighted by Gasteiger charge is 2.41. The normalized spacial score (nSPS) is 17.6. The van der Waals surface area contributed by atoms with Crippen molar-refractivity contribution in [3.8, 4) is 5.88 Å². The number of aromatic nitrogens is 4. The van der Waals surface area contributed by atoms with E-state index in [0.717, 1.165) is 18.7 Å². The van der Waals surface area contributed by atoms with Gasteiger partial charge in [-0.25, -0.2) is 4.98 Å². The smallest absolute Gasteiger partial charge is 0.348 e. The molecule has 0 bridgehead atoms. The fourth-order valence-electron chi connectivity index (χ4n) is 2.19. The molecule has 112 valence electrons. The van der Waals surface area contributed by atoms with Crippen LogP contribution in [0.3, 0.4) is 0 Å². The van der Waals surface area contributed by atoms with E-state index in [0.29, 0.717) is 12.2 Å². The van der Waals surface area contributed by atoms with E-state index in [-0.39, 0.29) is 22.8 Å². The average Bonchev–Trinajstić information content (AvgIpc) is 3.02. The molecule has 0 amide bonds. The molecule has 10 heteroatoms. The Bertz CT molecular complexity index is 776. The summed E-state index contributed by atoms with van der Waals surface area (Å²) in [7, 11) is -4.17. The Balaban J connectivity index is 1.92. The van der Waals surface area contributed by atoms with Crippen molar-refractivity contribution in [2.24, 2.45) is 5.41 Å². The van der Waals surface area contributed by atoms with Gasteiger partial charge in [-0.15, -0.1) is 0 Å². The largest absolute Gasteiger partial charge is 0.492 e. The number of nitrogens with zero attached hydrogens (tertiary/aromatic N) is 4. The third-order valence-corrected chi connectivity index (χ3v) is 4.00. The fraction of sp³-hybridized carbons (Fsp3) is 0.364. The number of anilines is 1. The fourth-order valence-corrected chi connectivity index (χ4v) is 2.70. The highest BCUT2D eigenvalue weighted by Crippen LogP contribution is 2.51. The highest BCUT2D eigenvalue weighted by molar-refractivity contribution is 7.55. The first-order valence-electron chi connectivity index (χ1n) is 6.21. The molecule has 9 nitrogen and oxygen atoms in total. The van der Waals surface area contributed by atoms with Crippen LogP contribution in [0.4, 0.5) is 5.95 Å². The molecule has 0 unspecified atom stereocenters. The van der Waals surface area contributed by atoms with Crippen molar-refractivity contribution >= 4 is 24.7 Å². The molecule has 2 aromatic rings. The Hall–Kier alpha value is -1.96. The molecular formula is C11H14N5O4P. The number of nitrogens with two attached hydrogens (primary N) is 1. The third kappa shape index (κ3) is 2.90. The van der Waals surface area contributed by atoms with E-state index in [9.17, 15) is 9.67 Å². The van der Waals surface area contributed by atoms with E-state index < -0.39 is 7.60 Å². The van der Waals surface area contributed by atoms with Gasteiger partial charge in [0.1, 0.15) is 0 Å². The lowest BCUT2D eigenvalue weighted by molar-refractivity contribution is 0.385. The Morgan fingerprint density at radius 3 is 2.76 bits per heavy atom. The second-order valence-corrected chi connectivity index (χ2v) is 6.69. The summed E-state index contributed by atoms with van der Waals surface area (Å²) >= 11 is 0. The second-order valence-electron chi connectivity index (χ2n) is 5.22. The van der Waals surface area contributed by atoms with Gasteiger partial charge in [-0.2, -0.15) is 9.97 Å². The minimum Gasteiger partial charge on any atom is -0.492 e. The molecule has 0 atom stereocenters. The summed E-state index contributed by atoms with van der Waals surface area (Å²) in [4.78, 5) is 29.5. The quantitative estimate of drug-likeness (QED) is 0.599. The first-order valence-corrected chi connectivity index (χ1v) is 7.89. The molecule has 21 heavy (non-hydrogen) atoms. The predicted molar refractivity (Wildman–Crippen MR) is 74.3 cm³/mol. The summed E-state index contributed by atoms with van der Waals surface area (Å²) in [5.74, 6) is 0.587. The van der Waals surface area contributed by atoms with Crippen LogP contribution in [0.1, 0.15) is 12.8 Å². The summed E-state index contributed by atoms with van der Waals surface area (Å²) in [6.07, 6.45) is 4.68. The Labute approximate surface area is 119 Å². The van der Waals surface area contributed by atoms with Crippen LogP contribution in [-0.2, 0) is 11.1 Å². The van der Waals surface area contributed by atoms with E-state index in [4.69, 9.17) is 15.5 Å². The molecule has 2 heterocycles. The Morgan fingerprint density at radius 2 is 2.14 bits per heavy atom. The molecule has 3 rings (SSSR count). The standard InChI is InChI=1S/C11H14N5O4P/c12-10-14-8-7(9(17)15-10)13-6-16(8)5-11(1-2-11)3-4-21(18,19)20/h3-4,6H,1-2,5H2,(H2,18,19,20)(H3,12,14,15,17)/b4-3+. The summed E-state index contributed by atoms with van der Waals surface area (Å²) in [5, 5.41) is 9.67. The zero-order chi connectivity index (χ0) is 15.3. The maximum atomic E-state index is 10.9. The van der Waals surface area contributed by atoms with Gasteiger partial charge in [-0.05, 0) is 12.8 Å². The number of aromatic hydroxyl groups is 1. The molecule has 1 saturated carbocycles. The van der Waals surface area contributed by atoms with Crippen molar-refractivity contribution in [1.82, 2.24) is 19.5 Å². The SMILES string of the molecule is Nc1nc(O)c2ncn(CC3(/C=C/P(=O)(O)O)CC3)c2n1. The lowest BCUT2D eigenvalue weighted by atomic mass is 10.1. The van der Waals surface area contributed by atoms with Crippen LogP contribution >= 0.6 is 7.60 Å². The molecule has 1 aliphatic rings. The van der Waals surface area contributed by atoms with Crippen molar-refractivity contribution in [3.05, 3.63) is 18.2 Å². The van der Waals surface area contributed by atoms with Crippen LogP contribution in [0.5, 0.6) is 5.88 Å². The maximum Gasteiger partial charge on any atom is 0.348 e. The summed E-state index contributed by atoms with van der Waals surface area (Å²) in [5.41, 5.74) is 5.84. The van der Waals surface area contributed by atoms with Crippen LogP contribution in [0, 0.1) is 5.41 Å². The molecule has 0 spiro atoms. The van der Waals surface area contributed by atoms with Crippen LogP contribution < -0.4 is 5.73 Å². The minimum atomic E-state index is -4.17. The lowest BCUT2D eigenvalue weighted by Crippen LogP contribution is -2.09. The van der Waals surface area contributed by atoms with Gasteiger partial charge in [0.25, 0.3) is 0 Å². The van der Waals surface area contributed by atoms with Crippen LogP contribution in [-0.4, -0.2) is 34.4 Å². The average molecular weight is 311 g/mol. The number of hydrogen-bond acceptors (Lipinski definition) is 6. The maximum absolute atomic E-state index is 10.9. The summed E-state index contributed by atoms with van der Waals surface area (Å²) < 4.78 is 12.6. The number of fused-ring (bicyclic) bond motifs is 1. The van der Waals surface area contributed by atoms with E-state index in [2.05, 4.69) is 15.0 Å². The molecule has 0 saturated heterocycles. The number of hydrogen-bond donors (Lipinski definition) is 4. The van der Waals surface area contributed by atoms with Gasteiger partial charge in [0.05, 0.1) is 6.33 Å². The molecule has 0 aromatic carbocycles. The van der Waals surface area contributed by atoms with E-state index in [1.54, 1.807) is 10.6 Å². The zero-order valence-corrected chi connectivity index (χ0v) is 11.8. The lowest BCUT2D eigenvalue weighted by Gasteiger charge is -2.11. The number of nitrogen functional groups attached to an aromatic ring is 1. The molecular weight excluding hydrogens is 297 g/mol. The monoisotopic (exact) mass is 311 g/mol. The van der Waals surface area contributed by atoms with Crippen LogP contribution in [0.2, 0.25) is 0 Å². The van der Waals surface area contributed by atoms with Gasteiger partial charge >= 0.3 is 7.60 Å². The van der Waals surface area contributed by atoms with Crippen LogP contribution in [0.15, 0.2) is 18.2 Å². The van der Waals surface area contributed by atoms with E-state index in [1.165, 1.54) is 6.33 Å². The Morgan fingerprint density at radius 1 is 1.43 bits per heavy atom. The predicted octanol–water partition coefficient (Wildman–Crippen LogP) is 0.586. The van der Waals surface area contributed by atoms with Gasteiger partial charge in [0.15, 0.2) is 11.2 Å². The van der Waals surface area contributed by atoms with Crippen molar-refractivity contribution in [2.75, 3.05) is 5.73 Å². The van der Waals surface area contributed by atoms with Gasteiger partial charge < -0.3 is 25.2 Å².